The van der Waals surface area contributed by atoms with E-state index >= 15 is 0 Å². The van der Waals surface area contributed by atoms with Gasteiger partial charge in [0.05, 0.1) is 5.56 Å². The largest absolute Gasteiger partial charge is 0.433 e. The van der Waals surface area contributed by atoms with Crippen molar-refractivity contribution < 1.29 is 29.9 Å². The van der Waals surface area contributed by atoms with Crippen molar-refractivity contribution in [2.45, 2.75) is 58.6 Å². The second-order valence-corrected chi connectivity index (χ2v) is 23.2. The van der Waals surface area contributed by atoms with Gasteiger partial charge in [0.1, 0.15) is 0 Å². The summed E-state index contributed by atoms with van der Waals surface area (Å²) in [5.74, 6) is 0. The third-order valence-corrected chi connectivity index (χ3v) is 18.4. The molecule has 156 valence electrons. The first-order chi connectivity index (χ1) is 11.9. The minimum atomic E-state index is -4.37. The van der Waals surface area contributed by atoms with E-state index < -0.39 is 45.7 Å². The highest BCUT2D eigenvalue weighted by Crippen LogP contribution is 2.29. The standard InChI is InChI=1S/C16H31F3O4Si4/c1-20-25(4,5)22-27(8,9)23-26(6,7)21-24(2,3)15-12-10-11-14(13-15)16(17,18)19/h10-13H,1-9H3. The first-order valence-electron chi connectivity index (χ1n) is 8.73. The Labute approximate surface area is 164 Å². The highest BCUT2D eigenvalue weighted by Gasteiger charge is 2.44. The maximum atomic E-state index is 13.0. The Hall–Kier alpha value is -0.282. The molecule has 0 aliphatic carbocycles. The molecule has 0 heterocycles. The highest BCUT2D eigenvalue weighted by molar-refractivity contribution is 6.93. The molecule has 11 heteroatoms. The van der Waals surface area contributed by atoms with Crippen molar-refractivity contribution in [3.8, 4) is 0 Å². The van der Waals surface area contributed by atoms with E-state index in [0.717, 1.165) is 6.07 Å². The molecule has 0 radical (unpaired) electrons. The fraction of sp³-hybridized carbons (Fsp3) is 0.625. The van der Waals surface area contributed by atoms with Crippen molar-refractivity contribution in [2.75, 3.05) is 7.11 Å². The summed E-state index contributed by atoms with van der Waals surface area (Å²) in [6.07, 6.45) is -4.37. The number of benzene rings is 1. The van der Waals surface area contributed by atoms with Gasteiger partial charge in [-0.05, 0) is 63.6 Å². The SMILES string of the molecule is CO[Si](C)(C)O[Si](C)(C)O[Si](C)(C)O[Si](C)(C)c1cccc(C(F)(F)F)c1. The predicted molar refractivity (Wildman–Crippen MR) is 111 cm³/mol. The lowest BCUT2D eigenvalue weighted by molar-refractivity contribution is -0.137. The summed E-state index contributed by atoms with van der Waals surface area (Å²) in [6.45, 7) is 15.4. The van der Waals surface area contributed by atoms with E-state index in [-0.39, 0.29) is 0 Å². The van der Waals surface area contributed by atoms with Crippen molar-refractivity contribution in [1.82, 2.24) is 0 Å². The molecule has 0 aliphatic heterocycles. The Morgan fingerprint density at radius 2 is 1.22 bits per heavy atom. The van der Waals surface area contributed by atoms with Crippen LogP contribution in [0, 0.1) is 0 Å². The van der Waals surface area contributed by atoms with Gasteiger partial charge < -0.3 is 16.8 Å². The third kappa shape index (κ3) is 7.93. The summed E-state index contributed by atoms with van der Waals surface area (Å²) in [5, 5.41) is 0.591. The molecule has 0 bridgehead atoms. The molecule has 0 atom stereocenters. The molecule has 0 unspecified atom stereocenters. The normalized spacial score (nSPS) is 14.5. The quantitative estimate of drug-likeness (QED) is 0.520. The van der Waals surface area contributed by atoms with Gasteiger partial charge in [0, 0.05) is 7.11 Å². The van der Waals surface area contributed by atoms with E-state index in [1.54, 1.807) is 13.2 Å². The van der Waals surface area contributed by atoms with Crippen LogP contribution in [0.4, 0.5) is 13.2 Å². The molecule has 0 spiro atoms. The van der Waals surface area contributed by atoms with Crippen LogP contribution in [0.2, 0.25) is 52.4 Å². The van der Waals surface area contributed by atoms with Gasteiger partial charge in [0.25, 0.3) is 0 Å². The lowest BCUT2D eigenvalue weighted by Gasteiger charge is -2.40. The highest BCUT2D eigenvalue weighted by atomic mass is 28.5. The number of hydrogen-bond donors (Lipinski definition) is 0. The monoisotopic (exact) mass is 456 g/mol. The number of halogens is 3. The third-order valence-electron chi connectivity index (χ3n) is 3.86. The van der Waals surface area contributed by atoms with Crippen LogP contribution >= 0.6 is 0 Å². The van der Waals surface area contributed by atoms with Crippen LogP contribution in [0.5, 0.6) is 0 Å². The second kappa shape index (κ2) is 8.22. The average molecular weight is 457 g/mol. The van der Waals surface area contributed by atoms with Crippen molar-refractivity contribution in [3.05, 3.63) is 29.8 Å². The molecule has 4 nitrogen and oxygen atoms in total. The van der Waals surface area contributed by atoms with E-state index in [9.17, 15) is 13.2 Å². The fourth-order valence-corrected chi connectivity index (χ4v) is 20.3. The Morgan fingerprint density at radius 1 is 0.741 bits per heavy atom. The van der Waals surface area contributed by atoms with Crippen LogP contribution < -0.4 is 5.19 Å². The first kappa shape index (κ1) is 24.8. The molecule has 27 heavy (non-hydrogen) atoms. The van der Waals surface area contributed by atoms with Crippen LogP contribution in [0.1, 0.15) is 5.56 Å². The molecule has 1 rings (SSSR count). The van der Waals surface area contributed by atoms with E-state index in [4.69, 9.17) is 16.8 Å². The lowest BCUT2D eigenvalue weighted by atomic mass is 10.2. The minimum absolute atomic E-state index is 0.591. The number of rotatable bonds is 8. The van der Waals surface area contributed by atoms with E-state index in [0.29, 0.717) is 5.19 Å². The van der Waals surface area contributed by atoms with Crippen LogP contribution in [0.25, 0.3) is 0 Å². The summed E-state index contributed by atoms with van der Waals surface area (Å²) >= 11 is 0. The summed E-state index contributed by atoms with van der Waals surface area (Å²) in [7, 11) is -8.43. The lowest BCUT2D eigenvalue weighted by Crippen LogP contribution is -2.59. The maximum Gasteiger partial charge on any atom is 0.416 e. The number of alkyl halides is 3. The average Bonchev–Trinajstić information content (AvgIpc) is 2.42. The topological polar surface area (TPSA) is 36.9 Å². The molecule has 0 saturated carbocycles. The predicted octanol–water partition coefficient (Wildman–Crippen LogP) is 4.92. The van der Waals surface area contributed by atoms with E-state index in [1.807, 2.05) is 52.4 Å². The van der Waals surface area contributed by atoms with E-state index in [2.05, 4.69) is 0 Å². The van der Waals surface area contributed by atoms with Crippen LogP contribution in [0.3, 0.4) is 0 Å². The smallest absolute Gasteiger partial charge is 0.416 e. The van der Waals surface area contributed by atoms with Gasteiger partial charge in [0.15, 0.2) is 0 Å². The molecule has 0 amide bonds. The summed E-state index contributed by atoms with van der Waals surface area (Å²) in [6, 6.07) is 5.40. The van der Waals surface area contributed by atoms with Crippen LogP contribution in [-0.4, -0.2) is 41.1 Å². The van der Waals surface area contributed by atoms with Crippen LogP contribution in [-0.2, 0) is 22.9 Å². The van der Waals surface area contributed by atoms with Crippen molar-refractivity contribution in [2.24, 2.45) is 0 Å². The van der Waals surface area contributed by atoms with Gasteiger partial charge in [0.2, 0.25) is 8.32 Å². The van der Waals surface area contributed by atoms with Gasteiger partial charge in [-0.2, -0.15) is 13.2 Å². The molecule has 1 aromatic rings. The molecule has 0 N–H and O–H groups in total. The Bertz CT molecular complexity index is 649. The Kier molecular flexibility index (Phi) is 7.54. The van der Waals surface area contributed by atoms with Crippen LogP contribution in [0.15, 0.2) is 24.3 Å². The Balaban J connectivity index is 3.00. The zero-order chi connectivity index (χ0) is 21.3. The number of hydrogen-bond acceptors (Lipinski definition) is 4. The summed E-state index contributed by atoms with van der Waals surface area (Å²) < 4.78 is 63.4. The van der Waals surface area contributed by atoms with Crippen molar-refractivity contribution in [3.63, 3.8) is 0 Å². The summed E-state index contributed by atoms with van der Waals surface area (Å²) in [5.41, 5.74) is -0.657. The van der Waals surface area contributed by atoms with Gasteiger partial charge >= 0.3 is 31.9 Å². The molecular formula is C16H31F3O4Si4. The zero-order valence-corrected chi connectivity index (χ0v) is 21.6. The maximum absolute atomic E-state index is 13.0. The molecular weight excluding hydrogens is 426 g/mol. The molecule has 0 aliphatic rings. The molecule has 0 fully saturated rings. The van der Waals surface area contributed by atoms with Gasteiger partial charge in [-0.3, -0.25) is 0 Å². The van der Waals surface area contributed by atoms with Gasteiger partial charge in [-0.1, -0.05) is 18.2 Å². The van der Waals surface area contributed by atoms with Gasteiger partial charge in [-0.25, -0.2) is 0 Å². The van der Waals surface area contributed by atoms with Crippen molar-refractivity contribution >= 4 is 39.2 Å². The Morgan fingerprint density at radius 3 is 1.70 bits per heavy atom. The molecule has 0 aromatic heterocycles. The second-order valence-electron chi connectivity index (χ2n) is 8.30. The summed E-state index contributed by atoms with van der Waals surface area (Å²) in [4.78, 5) is 0. The molecule has 1 aromatic carbocycles. The minimum Gasteiger partial charge on any atom is -0.433 e. The van der Waals surface area contributed by atoms with Crippen molar-refractivity contribution in [1.29, 1.82) is 0 Å². The zero-order valence-electron chi connectivity index (χ0n) is 17.6. The fourth-order valence-electron chi connectivity index (χ4n) is 3.01. The van der Waals surface area contributed by atoms with Gasteiger partial charge in [-0.15, -0.1) is 0 Å². The first-order valence-corrected chi connectivity index (χ1v) is 20.1. The van der Waals surface area contributed by atoms with E-state index in [1.165, 1.54) is 12.1 Å². The molecule has 0 saturated heterocycles.